The van der Waals surface area contributed by atoms with Crippen LogP contribution in [-0.2, 0) is 11.8 Å². The molecule has 2 N–H and O–H groups in total. The first-order valence-electron chi connectivity index (χ1n) is 8.47. The maximum absolute atomic E-state index is 12.4. The van der Waals surface area contributed by atoms with Crippen molar-refractivity contribution in [3.63, 3.8) is 0 Å². The fraction of sp³-hybridized carbons (Fsp3) is 0.471. The summed E-state index contributed by atoms with van der Waals surface area (Å²) in [7, 11) is 1.76. The molecule has 0 aliphatic carbocycles. The van der Waals surface area contributed by atoms with Crippen LogP contribution in [0.2, 0.25) is 10.0 Å². The van der Waals surface area contributed by atoms with E-state index < -0.39 is 6.10 Å². The van der Waals surface area contributed by atoms with E-state index in [1.165, 1.54) is 0 Å². The van der Waals surface area contributed by atoms with Gasteiger partial charge in [0, 0.05) is 23.0 Å². The summed E-state index contributed by atoms with van der Waals surface area (Å²) < 4.78 is 7.21. The molecular weight excluding hydrogens is 413 g/mol. The minimum Gasteiger partial charge on any atom is -0.481 e. The number of amides is 1. The number of carbonyl (C=O) groups is 1. The van der Waals surface area contributed by atoms with E-state index in [0.29, 0.717) is 27.7 Å². The molecule has 1 aliphatic heterocycles. The number of rotatable bonds is 5. The van der Waals surface area contributed by atoms with E-state index in [4.69, 9.17) is 27.9 Å². The summed E-state index contributed by atoms with van der Waals surface area (Å²) in [6, 6.07) is 4.81. The molecular formula is C17H22Cl3N5O2. The van der Waals surface area contributed by atoms with Gasteiger partial charge in [0.05, 0.1) is 0 Å². The van der Waals surface area contributed by atoms with Crippen LogP contribution in [0.25, 0.3) is 0 Å². The molecule has 1 aromatic carbocycles. The van der Waals surface area contributed by atoms with Crippen LogP contribution in [0.5, 0.6) is 5.75 Å². The maximum atomic E-state index is 12.4. The van der Waals surface area contributed by atoms with Crippen molar-refractivity contribution in [2.45, 2.75) is 31.8 Å². The number of piperidine rings is 1. The van der Waals surface area contributed by atoms with Crippen LogP contribution in [0.1, 0.15) is 31.5 Å². The summed E-state index contributed by atoms with van der Waals surface area (Å²) >= 11 is 11.9. The standard InChI is InChI=1S/C17H21Cl2N5O2.ClH/c1-10(26-14-8-12(18)7-13(19)9-14)16(25)22-17-21-15(23-24(17)2)11-3-5-20-6-4-11;/h7-11,20H,3-6H2,1-2H3,(H,21,22,23,25);1H. The summed E-state index contributed by atoms with van der Waals surface area (Å²) in [6.45, 7) is 3.56. The number of aromatic nitrogens is 3. The molecule has 0 radical (unpaired) electrons. The predicted molar refractivity (Wildman–Crippen MR) is 108 cm³/mol. The molecule has 2 heterocycles. The Labute approximate surface area is 174 Å². The summed E-state index contributed by atoms with van der Waals surface area (Å²) in [4.78, 5) is 16.9. The van der Waals surface area contributed by atoms with Crippen LogP contribution in [0, 0.1) is 0 Å². The van der Waals surface area contributed by atoms with Crippen molar-refractivity contribution in [2.75, 3.05) is 18.4 Å². The van der Waals surface area contributed by atoms with Gasteiger partial charge < -0.3 is 10.1 Å². The summed E-state index contributed by atoms with van der Waals surface area (Å²) in [5.74, 6) is 1.59. The molecule has 7 nitrogen and oxygen atoms in total. The van der Waals surface area contributed by atoms with Crippen LogP contribution in [0.3, 0.4) is 0 Å². The second-order valence-corrected chi connectivity index (χ2v) is 7.17. The van der Waals surface area contributed by atoms with Crippen molar-refractivity contribution < 1.29 is 9.53 Å². The third-order valence-corrected chi connectivity index (χ3v) is 4.67. The number of carbonyl (C=O) groups excluding carboxylic acids is 1. The number of benzene rings is 1. The Morgan fingerprint density at radius 2 is 1.93 bits per heavy atom. The van der Waals surface area contributed by atoms with Gasteiger partial charge in [-0.05, 0) is 51.1 Å². The third kappa shape index (κ3) is 5.72. The van der Waals surface area contributed by atoms with E-state index in [9.17, 15) is 4.79 Å². The molecule has 3 rings (SSSR count). The molecule has 10 heteroatoms. The lowest BCUT2D eigenvalue weighted by Crippen LogP contribution is -2.31. The van der Waals surface area contributed by atoms with Crippen molar-refractivity contribution in [3.8, 4) is 5.75 Å². The minimum atomic E-state index is -0.747. The average Bonchev–Trinajstić information content (AvgIpc) is 2.95. The topological polar surface area (TPSA) is 81.1 Å². The van der Waals surface area contributed by atoms with Gasteiger partial charge in [-0.2, -0.15) is 10.1 Å². The van der Waals surface area contributed by atoms with Gasteiger partial charge in [-0.1, -0.05) is 23.2 Å². The number of anilines is 1. The lowest BCUT2D eigenvalue weighted by atomic mass is 9.98. The molecule has 1 saturated heterocycles. The summed E-state index contributed by atoms with van der Waals surface area (Å²) in [5.41, 5.74) is 0. The van der Waals surface area contributed by atoms with Crippen molar-refractivity contribution >= 4 is 47.5 Å². The highest BCUT2D eigenvalue weighted by Gasteiger charge is 2.23. The lowest BCUT2D eigenvalue weighted by Gasteiger charge is -2.19. The maximum Gasteiger partial charge on any atom is 0.267 e. The van der Waals surface area contributed by atoms with Gasteiger partial charge in [0.15, 0.2) is 11.9 Å². The molecule has 1 unspecified atom stereocenters. The highest BCUT2D eigenvalue weighted by molar-refractivity contribution is 6.34. The number of hydrogen-bond acceptors (Lipinski definition) is 5. The van der Waals surface area contributed by atoms with Gasteiger partial charge in [-0.3, -0.25) is 10.1 Å². The van der Waals surface area contributed by atoms with Crippen molar-refractivity contribution in [2.24, 2.45) is 7.05 Å². The van der Waals surface area contributed by atoms with E-state index in [-0.39, 0.29) is 18.3 Å². The Morgan fingerprint density at radius 1 is 1.30 bits per heavy atom. The van der Waals surface area contributed by atoms with E-state index in [1.54, 1.807) is 36.9 Å². The second-order valence-electron chi connectivity index (χ2n) is 6.30. The SMILES string of the molecule is CC(Oc1cc(Cl)cc(Cl)c1)C(=O)Nc1nc(C2CCNCC2)nn1C.Cl. The zero-order valence-corrected chi connectivity index (χ0v) is 17.4. The smallest absolute Gasteiger partial charge is 0.267 e. The highest BCUT2D eigenvalue weighted by atomic mass is 35.5. The first kappa shape index (κ1) is 21.8. The zero-order chi connectivity index (χ0) is 18.7. The molecule has 148 valence electrons. The largest absolute Gasteiger partial charge is 0.481 e. The van der Waals surface area contributed by atoms with Gasteiger partial charge in [-0.15, -0.1) is 12.4 Å². The second kappa shape index (κ2) is 9.59. The molecule has 1 amide bonds. The normalized spacial score (nSPS) is 15.7. The van der Waals surface area contributed by atoms with E-state index in [1.807, 2.05) is 0 Å². The third-order valence-electron chi connectivity index (χ3n) is 4.24. The average molecular weight is 435 g/mol. The molecule has 0 saturated carbocycles. The Kier molecular flexibility index (Phi) is 7.73. The van der Waals surface area contributed by atoms with Gasteiger partial charge in [0.2, 0.25) is 5.95 Å². The number of ether oxygens (including phenoxy) is 1. The lowest BCUT2D eigenvalue weighted by molar-refractivity contribution is -0.122. The number of hydrogen-bond donors (Lipinski definition) is 2. The number of aryl methyl sites for hydroxylation is 1. The molecule has 1 fully saturated rings. The van der Waals surface area contributed by atoms with Crippen molar-refractivity contribution in [3.05, 3.63) is 34.1 Å². The van der Waals surface area contributed by atoms with E-state index >= 15 is 0 Å². The number of nitrogens with one attached hydrogen (secondary N) is 2. The molecule has 1 aromatic heterocycles. The quantitative estimate of drug-likeness (QED) is 0.753. The molecule has 0 bridgehead atoms. The highest BCUT2D eigenvalue weighted by Crippen LogP contribution is 2.25. The zero-order valence-electron chi connectivity index (χ0n) is 15.0. The van der Waals surface area contributed by atoms with E-state index in [2.05, 4.69) is 20.7 Å². The van der Waals surface area contributed by atoms with Crippen molar-refractivity contribution in [1.29, 1.82) is 0 Å². The molecule has 1 atom stereocenters. The summed E-state index contributed by atoms with van der Waals surface area (Å²) in [5, 5.41) is 11.4. The van der Waals surface area contributed by atoms with Gasteiger partial charge in [0.25, 0.3) is 5.91 Å². The fourth-order valence-electron chi connectivity index (χ4n) is 2.83. The van der Waals surface area contributed by atoms with Gasteiger partial charge >= 0.3 is 0 Å². The molecule has 27 heavy (non-hydrogen) atoms. The Morgan fingerprint density at radius 3 is 2.56 bits per heavy atom. The summed E-state index contributed by atoms with van der Waals surface area (Å²) in [6.07, 6.45) is 1.24. The Hall–Kier alpha value is -1.54. The van der Waals surface area contributed by atoms with Crippen LogP contribution in [-0.4, -0.2) is 39.9 Å². The van der Waals surface area contributed by atoms with Crippen LogP contribution in [0.4, 0.5) is 5.95 Å². The van der Waals surface area contributed by atoms with Crippen molar-refractivity contribution in [1.82, 2.24) is 20.1 Å². The molecule has 2 aromatic rings. The Bertz CT molecular complexity index is 773. The van der Waals surface area contributed by atoms with Gasteiger partial charge in [-0.25, -0.2) is 4.68 Å². The van der Waals surface area contributed by atoms with Crippen LogP contribution < -0.4 is 15.4 Å². The van der Waals surface area contributed by atoms with Gasteiger partial charge in [0.1, 0.15) is 5.75 Å². The number of halogens is 3. The fourth-order valence-corrected chi connectivity index (χ4v) is 3.34. The molecule has 1 aliphatic rings. The molecule has 0 spiro atoms. The first-order chi connectivity index (χ1) is 12.4. The predicted octanol–water partition coefficient (Wildman–Crippen LogP) is 3.42. The minimum absolute atomic E-state index is 0. The Balaban J connectivity index is 0.00000261. The first-order valence-corrected chi connectivity index (χ1v) is 9.23. The van der Waals surface area contributed by atoms with Crippen LogP contribution in [0.15, 0.2) is 18.2 Å². The van der Waals surface area contributed by atoms with E-state index in [0.717, 1.165) is 31.8 Å². The number of nitrogens with zero attached hydrogens (tertiary/aromatic N) is 3. The van der Waals surface area contributed by atoms with Crippen LogP contribution >= 0.6 is 35.6 Å². The monoisotopic (exact) mass is 433 g/mol.